The maximum absolute atomic E-state index is 11.0. The molecular formula is C13H10O3. The molecule has 0 fully saturated rings. The zero-order valence-corrected chi connectivity index (χ0v) is 8.77. The molecule has 1 aromatic carbocycles. The molecule has 0 unspecified atom stereocenters. The minimum atomic E-state index is -0.362. The molecule has 3 heteroatoms. The Hall–Kier alpha value is -2.16. The SMILES string of the molecule is CC(=O)/C=C/c1ccc2oc(=O)ccc2c1. The average Bonchev–Trinajstić information content (AvgIpc) is 2.26. The quantitative estimate of drug-likeness (QED) is 0.569. The Morgan fingerprint density at radius 3 is 2.81 bits per heavy atom. The molecule has 0 N–H and O–H groups in total. The predicted molar refractivity (Wildman–Crippen MR) is 62.2 cm³/mol. The summed E-state index contributed by atoms with van der Waals surface area (Å²) in [7, 11) is 0. The van der Waals surface area contributed by atoms with Crippen molar-refractivity contribution in [3.05, 3.63) is 52.4 Å². The lowest BCUT2D eigenvalue weighted by atomic mass is 10.1. The molecule has 0 saturated heterocycles. The summed E-state index contributed by atoms with van der Waals surface area (Å²) in [4.78, 5) is 21.7. The lowest BCUT2D eigenvalue weighted by Crippen LogP contribution is -1.94. The van der Waals surface area contributed by atoms with Crippen molar-refractivity contribution in [2.45, 2.75) is 6.92 Å². The molecular weight excluding hydrogens is 204 g/mol. The summed E-state index contributed by atoms with van der Waals surface area (Å²) in [5.74, 6) is -0.000287. The maximum Gasteiger partial charge on any atom is 0.336 e. The first-order valence-electron chi connectivity index (χ1n) is 4.88. The summed E-state index contributed by atoms with van der Waals surface area (Å²) in [5.41, 5.74) is 1.09. The number of benzene rings is 1. The number of allylic oxidation sites excluding steroid dienone is 1. The van der Waals surface area contributed by atoms with E-state index in [-0.39, 0.29) is 11.4 Å². The minimum absolute atomic E-state index is 0.000287. The van der Waals surface area contributed by atoms with Gasteiger partial charge in [0.05, 0.1) is 0 Å². The molecule has 3 nitrogen and oxygen atoms in total. The molecule has 0 atom stereocenters. The first-order chi connectivity index (χ1) is 7.65. The van der Waals surface area contributed by atoms with Crippen molar-refractivity contribution in [2.24, 2.45) is 0 Å². The molecule has 0 aliphatic rings. The Balaban J connectivity index is 2.48. The number of fused-ring (bicyclic) bond motifs is 1. The molecule has 0 aliphatic carbocycles. The van der Waals surface area contributed by atoms with Crippen LogP contribution in [-0.2, 0) is 4.79 Å². The molecule has 0 amide bonds. The smallest absolute Gasteiger partial charge is 0.336 e. The topological polar surface area (TPSA) is 47.3 Å². The van der Waals surface area contributed by atoms with E-state index < -0.39 is 0 Å². The van der Waals surface area contributed by atoms with E-state index in [9.17, 15) is 9.59 Å². The van der Waals surface area contributed by atoms with Gasteiger partial charge in [-0.15, -0.1) is 0 Å². The first-order valence-corrected chi connectivity index (χ1v) is 4.88. The van der Waals surface area contributed by atoms with Gasteiger partial charge in [-0.05, 0) is 36.8 Å². The summed E-state index contributed by atoms with van der Waals surface area (Å²) in [6, 6.07) is 8.45. The fourth-order valence-corrected chi connectivity index (χ4v) is 1.41. The van der Waals surface area contributed by atoms with Crippen LogP contribution >= 0.6 is 0 Å². The van der Waals surface area contributed by atoms with Gasteiger partial charge in [0.25, 0.3) is 0 Å². The zero-order valence-electron chi connectivity index (χ0n) is 8.77. The molecule has 2 aromatic rings. The second-order valence-electron chi connectivity index (χ2n) is 3.50. The van der Waals surface area contributed by atoms with E-state index in [1.165, 1.54) is 19.1 Å². The summed E-state index contributed by atoms with van der Waals surface area (Å²) in [6.45, 7) is 1.50. The zero-order chi connectivity index (χ0) is 11.5. The van der Waals surface area contributed by atoms with E-state index in [1.807, 2.05) is 6.07 Å². The molecule has 0 spiro atoms. The van der Waals surface area contributed by atoms with Crippen LogP contribution in [0.4, 0.5) is 0 Å². The van der Waals surface area contributed by atoms with Gasteiger partial charge in [0.1, 0.15) is 5.58 Å². The van der Waals surface area contributed by atoms with E-state index in [1.54, 1.807) is 24.3 Å². The highest BCUT2D eigenvalue weighted by Gasteiger charge is 1.97. The first kappa shape index (κ1) is 10.4. The highest BCUT2D eigenvalue weighted by Crippen LogP contribution is 2.14. The van der Waals surface area contributed by atoms with Gasteiger partial charge in [0.2, 0.25) is 0 Å². The Morgan fingerprint density at radius 1 is 1.25 bits per heavy atom. The van der Waals surface area contributed by atoms with Crippen LogP contribution < -0.4 is 5.63 Å². The number of ketones is 1. The van der Waals surface area contributed by atoms with Gasteiger partial charge in [0.15, 0.2) is 5.78 Å². The molecule has 0 bridgehead atoms. The molecule has 80 valence electrons. The molecule has 1 heterocycles. The van der Waals surface area contributed by atoms with Crippen molar-refractivity contribution < 1.29 is 9.21 Å². The van der Waals surface area contributed by atoms with E-state index in [4.69, 9.17) is 4.42 Å². The van der Waals surface area contributed by atoms with Crippen LogP contribution in [0.15, 0.2) is 45.6 Å². The van der Waals surface area contributed by atoms with E-state index in [2.05, 4.69) is 0 Å². The lowest BCUT2D eigenvalue weighted by molar-refractivity contribution is -0.112. The van der Waals surface area contributed by atoms with Gasteiger partial charge >= 0.3 is 5.63 Å². The van der Waals surface area contributed by atoms with E-state index in [0.717, 1.165) is 10.9 Å². The van der Waals surface area contributed by atoms with Crippen molar-refractivity contribution >= 4 is 22.8 Å². The molecule has 16 heavy (non-hydrogen) atoms. The predicted octanol–water partition coefficient (Wildman–Crippen LogP) is 2.40. The Bertz CT molecular complexity index is 620. The average molecular weight is 214 g/mol. The van der Waals surface area contributed by atoms with E-state index in [0.29, 0.717) is 5.58 Å². The second-order valence-corrected chi connectivity index (χ2v) is 3.50. The third-order valence-corrected chi connectivity index (χ3v) is 2.15. The van der Waals surface area contributed by atoms with Gasteiger partial charge in [-0.2, -0.15) is 0 Å². The summed E-state index contributed by atoms with van der Waals surface area (Å²) >= 11 is 0. The lowest BCUT2D eigenvalue weighted by Gasteiger charge is -1.97. The Labute approximate surface area is 92.0 Å². The van der Waals surface area contributed by atoms with Crippen molar-refractivity contribution in [3.8, 4) is 0 Å². The third kappa shape index (κ3) is 2.25. The fraction of sp³-hybridized carbons (Fsp3) is 0.0769. The van der Waals surface area contributed by atoms with Crippen LogP contribution in [0.5, 0.6) is 0 Å². The van der Waals surface area contributed by atoms with Gasteiger partial charge in [-0.3, -0.25) is 4.79 Å². The number of carbonyl (C=O) groups excluding carboxylic acids is 1. The van der Waals surface area contributed by atoms with Crippen LogP contribution in [-0.4, -0.2) is 5.78 Å². The normalized spacial score (nSPS) is 11.1. The van der Waals surface area contributed by atoms with Crippen molar-refractivity contribution in [1.82, 2.24) is 0 Å². The van der Waals surface area contributed by atoms with Crippen molar-refractivity contribution in [3.63, 3.8) is 0 Å². The maximum atomic E-state index is 11.0. The second kappa shape index (κ2) is 4.14. The van der Waals surface area contributed by atoms with Crippen LogP contribution in [0.1, 0.15) is 12.5 Å². The van der Waals surface area contributed by atoms with Crippen molar-refractivity contribution in [1.29, 1.82) is 0 Å². The Morgan fingerprint density at radius 2 is 2.06 bits per heavy atom. The number of hydrogen-bond donors (Lipinski definition) is 0. The molecule has 2 rings (SSSR count). The number of carbonyl (C=O) groups is 1. The summed E-state index contributed by atoms with van der Waals surface area (Å²) in [5, 5.41) is 0.838. The van der Waals surface area contributed by atoms with Gasteiger partial charge in [-0.25, -0.2) is 4.79 Å². The highest BCUT2D eigenvalue weighted by molar-refractivity contribution is 5.92. The van der Waals surface area contributed by atoms with Crippen LogP contribution in [0.3, 0.4) is 0 Å². The standard InChI is InChI=1S/C13H10O3/c1-9(14)2-3-10-4-6-12-11(8-10)5-7-13(15)16-12/h2-8H,1H3/b3-2+. The number of hydrogen-bond acceptors (Lipinski definition) is 3. The van der Waals surface area contributed by atoms with E-state index >= 15 is 0 Å². The summed E-state index contributed by atoms with van der Waals surface area (Å²) in [6.07, 6.45) is 3.23. The Kier molecular flexibility index (Phi) is 2.68. The van der Waals surface area contributed by atoms with Gasteiger partial charge < -0.3 is 4.42 Å². The molecule has 1 aromatic heterocycles. The molecule has 0 aliphatic heterocycles. The van der Waals surface area contributed by atoms with Crippen LogP contribution in [0, 0.1) is 0 Å². The van der Waals surface area contributed by atoms with Crippen molar-refractivity contribution in [2.75, 3.05) is 0 Å². The summed E-state index contributed by atoms with van der Waals surface area (Å²) < 4.78 is 5.00. The number of rotatable bonds is 2. The van der Waals surface area contributed by atoms with Crippen LogP contribution in [0.25, 0.3) is 17.0 Å². The largest absolute Gasteiger partial charge is 0.423 e. The van der Waals surface area contributed by atoms with Gasteiger partial charge in [0, 0.05) is 11.5 Å². The van der Waals surface area contributed by atoms with Gasteiger partial charge in [-0.1, -0.05) is 12.1 Å². The fourth-order valence-electron chi connectivity index (χ4n) is 1.41. The molecule has 0 radical (unpaired) electrons. The molecule has 0 saturated carbocycles. The highest BCUT2D eigenvalue weighted by atomic mass is 16.4. The van der Waals surface area contributed by atoms with Crippen LogP contribution in [0.2, 0.25) is 0 Å². The third-order valence-electron chi connectivity index (χ3n) is 2.15. The monoisotopic (exact) mass is 214 g/mol. The minimum Gasteiger partial charge on any atom is -0.423 e.